The number of unbranched alkanes of at least 4 members (excludes halogenated alkanes) is 1. The maximum absolute atomic E-state index is 12.6. The molecular weight excluding hydrogens is 434 g/mol. The van der Waals surface area contributed by atoms with Crippen molar-refractivity contribution in [3.8, 4) is 5.75 Å². The quantitative estimate of drug-likeness (QED) is 0.306. The highest BCUT2D eigenvalue weighted by Crippen LogP contribution is 2.21. The van der Waals surface area contributed by atoms with Crippen molar-refractivity contribution in [1.82, 2.24) is 14.9 Å². The van der Waals surface area contributed by atoms with Gasteiger partial charge in [0.25, 0.3) is 5.91 Å². The molecule has 5 nitrogen and oxygen atoms in total. The third-order valence-corrected chi connectivity index (χ3v) is 6.05. The zero-order valence-corrected chi connectivity index (χ0v) is 19.7. The summed E-state index contributed by atoms with van der Waals surface area (Å²) in [6, 6.07) is 21.1. The summed E-state index contributed by atoms with van der Waals surface area (Å²) >= 11 is 6.02. The molecule has 0 atom stereocenters. The lowest BCUT2D eigenvalue weighted by Gasteiger charge is -2.12. The minimum atomic E-state index is -0.168. The Morgan fingerprint density at radius 3 is 2.70 bits per heavy atom. The topological polar surface area (TPSA) is 56.1 Å². The number of carbonyl (C=O) groups is 1. The number of amides is 1. The predicted octanol–water partition coefficient (Wildman–Crippen LogP) is 6.10. The summed E-state index contributed by atoms with van der Waals surface area (Å²) < 4.78 is 8.19. The summed E-state index contributed by atoms with van der Waals surface area (Å²) in [6.07, 6.45) is 1.87. The average Bonchev–Trinajstić information content (AvgIpc) is 3.17. The first-order valence-electron chi connectivity index (χ1n) is 11.2. The fourth-order valence-corrected chi connectivity index (χ4v) is 4.03. The predicted molar refractivity (Wildman–Crippen MR) is 133 cm³/mol. The largest absolute Gasteiger partial charge is 0.493 e. The number of aromatic nitrogens is 2. The lowest BCUT2D eigenvalue weighted by Crippen LogP contribution is -2.24. The van der Waals surface area contributed by atoms with Gasteiger partial charge in [-0.25, -0.2) is 4.98 Å². The lowest BCUT2D eigenvalue weighted by molar-refractivity contribution is 0.0949. The number of halogens is 1. The number of benzene rings is 3. The van der Waals surface area contributed by atoms with E-state index in [-0.39, 0.29) is 5.91 Å². The van der Waals surface area contributed by atoms with Crippen molar-refractivity contribution in [1.29, 1.82) is 0 Å². The highest BCUT2D eigenvalue weighted by molar-refractivity contribution is 6.30. The molecule has 0 aliphatic heterocycles. The van der Waals surface area contributed by atoms with Gasteiger partial charge in [0.1, 0.15) is 11.6 Å². The lowest BCUT2D eigenvalue weighted by atomic mass is 10.1. The van der Waals surface area contributed by atoms with Crippen LogP contribution in [-0.4, -0.2) is 22.1 Å². The number of aryl methyl sites for hydroxylation is 2. The molecule has 1 amide bonds. The second-order valence-electron chi connectivity index (χ2n) is 8.12. The first kappa shape index (κ1) is 22.9. The summed E-state index contributed by atoms with van der Waals surface area (Å²) in [5, 5.41) is 3.51. The molecule has 1 N–H and O–H groups in total. The van der Waals surface area contributed by atoms with E-state index < -0.39 is 0 Å². The van der Waals surface area contributed by atoms with Crippen molar-refractivity contribution in [2.45, 2.75) is 39.8 Å². The average molecular weight is 462 g/mol. The number of rotatable bonds is 9. The summed E-state index contributed by atoms with van der Waals surface area (Å²) in [7, 11) is 0. The summed E-state index contributed by atoms with van der Waals surface area (Å²) in [6.45, 7) is 6.00. The van der Waals surface area contributed by atoms with Crippen LogP contribution in [0, 0.1) is 13.8 Å². The number of fused-ring (bicyclic) bond motifs is 1. The van der Waals surface area contributed by atoms with Gasteiger partial charge in [-0.05, 0) is 74.2 Å². The first-order chi connectivity index (χ1) is 16.0. The van der Waals surface area contributed by atoms with Crippen LogP contribution in [0.2, 0.25) is 5.02 Å². The van der Waals surface area contributed by atoms with Crippen molar-refractivity contribution in [2.75, 3.05) is 6.61 Å². The second-order valence-corrected chi connectivity index (χ2v) is 8.55. The molecule has 0 bridgehead atoms. The Balaban J connectivity index is 1.38. The minimum absolute atomic E-state index is 0.168. The van der Waals surface area contributed by atoms with Crippen LogP contribution in [0.1, 0.15) is 40.2 Å². The zero-order chi connectivity index (χ0) is 23.2. The molecule has 0 fully saturated rings. The van der Waals surface area contributed by atoms with Crippen LogP contribution >= 0.6 is 11.6 Å². The van der Waals surface area contributed by atoms with E-state index in [0.29, 0.717) is 23.7 Å². The Labute approximate surface area is 199 Å². The van der Waals surface area contributed by atoms with E-state index in [2.05, 4.69) is 35.9 Å². The monoisotopic (exact) mass is 461 g/mol. The molecular formula is C27H28ClN3O2. The van der Waals surface area contributed by atoms with Crippen molar-refractivity contribution < 1.29 is 9.53 Å². The molecule has 0 saturated heterocycles. The van der Waals surface area contributed by atoms with Gasteiger partial charge < -0.3 is 14.6 Å². The maximum atomic E-state index is 12.6. The van der Waals surface area contributed by atoms with Gasteiger partial charge in [-0.1, -0.05) is 41.9 Å². The Kier molecular flexibility index (Phi) is 7.30. The Bertz CT molecular complexity index is 1270. The van der Waals surface area contributed by atoms with E-state index in [9.17, 15) is 4.79 Å². The molecule has 1 aromatic heterocycles. The molecule has 33 heavy (non-hydrogen) atoms. The van der Waals surface area contributed by atoms with E-state index in [4.69, 9.17) is 21.3 Å². The van der Waals surface area contributed by atoms with Crippen LogP contribution in [-0.2, 0) is 13.1 Å². The molecule has 1 heterocycles. The summed E-state index contributed by atoms with van der Waals surface area (Å²) in [5.41, 5.74) is 4.96. The van der Waals surface area contributed by atoms with Gasteiger partial charge in [0, 0.05) is 17.1 Å². The van der Waals surface area contributed by atoms with E-state index in [1.54, 1.807) is 24.3 Å². The molecule has 0 aliphatic rings. The SMILES string of the molecule is Cc1cccc(OCCCCn2c(CNC(=O)c3cccc(Cl)c3)nc3ccccc32)c1C. The highest BCUT2D eigenvalue weighted by Gasteiger charge is 2.13. The number of nitrogens with one attached hydrogen (secondary N) is 1. The molecule has 0 unspecified atom stereocenters. The van der Waals surface area contributed by atoms with Crippen LogP contribution in [0.3, 0.4) is 0 Å². The van der Waals surface area contributed by atoms with Crippen LogP contribution in [0.5, 0.6) is 5.75 Å². The van der Waals surface area contributed by atoms with Gasteiger partial charge in [-0.15, -0.1) is 0 Å². The number of hydrogen-bond acceptors (Lipinski definition) is 3. The third-order valence-electron chi connectivity index (χ3n) is 5.82. The summed E-state index contributed by atoms with van der Waals surface area (Å²) in [5.74, 6) is 1.62. The van der Waals surface area contributed by atoms with Crippen LogP contribution in [0.4, 0.5) is 0 Å². The number of hydrogen-bond donors (Lipinski definition) is 1. The number of ether oxygens (including phenoxy) is 1. The van der Waals surface area contributed by atoms with E-state index in [1.807, 2.05) is 30.3 Å². The third kappa shape index (κ3) is 5.55. The van der Waals surface area contributed by atoms with Crippen LogP contribution in [0.25, 0.3) is 11.0 Å². The van der Waals surface area contributed by atoms with Gasteiger partial charge in [0.05, 0.1) is 24.2 Å². The maximum Gasteiger partial charge on any atom is 0.251 e. The Morgan fingerprint density at radius 1 is 1.03 bits per heavy atom. The number of imidazole rings is 1. The molecule has 170 valence electrons. The first-order valence-corrected chi connectivity index (χ1v) is 11.6. The fourth-order valence-electron chi connectivity index (χ4n) is 3.84. The molecule has 6 heteroatoms. The van der Waals surface area contributed by atoms with Crippen molar-refractivity contribution >= 4 is 28.5 Å². The van der Waals surface area contributed by atoms with E-state index in [0.717, 1.165) is 42.0 Å². The Hall–Kier alpha value is -3.31. The molecule has 4 rings (SSSR count). The standard InChI is InChI=1S/C27H28ClN3O2/c1-19-9-7-14-25(20(19)2)33-16-6-5-15-31-24-13-4-3-12-23(24)30-26(31)18-29-27(32)21-10-8-11-22(28)17-21/h3-4,7-14,17H,5-6,15-16,18H2,1-2H3,(H,29,32). The smallest absolute Gasteiger partial charge is 0.251 e. The molecule has 0 spiro atoms. The highest BCUT2D eigenvalue weighted by atomic mass is 35.5. The van der Waals surface area contributed by atoms with Crippen LogP contribution < -0.4 is 10.1 Å². The van der Waals surface area contributed by atoms with Gasteiger partial charge in [-0.2, -0.15) is 0 Å². The molecule has 0 aliphatic carbocycles. The van der Waals surface area contributed by atoms with Gasteiger partial charge in [-0.3, -0.25) is 4.79 Å². The van der Waals surface area contributed by atoms with Crippen molar-refractivity contribution in [2.24, 2.45) is 0 Å². The van der Waals surface area contributed by atoms with E-state index in [1.165, 1.54) is 11.1 Å². The fraction of sp³-hybridized carbons (Fsp3) is 0.259. The van der Waals surface area contributed by atoms with Gasteiger partial charge in [0.2, 0.25) is 0 Å². The number of nitrogens with zero attached hydrogens (tertiary/aromatic N) is 2. The van der Waals surface area contributed by atoms with Crippen LogP contribution in [0.15, 0.2) is 66.7 Å². The van der Waals surface area contributed by atoms with Crippen molar-refractivity contribution in [3.05, 3.63) is 94.3 Å². The van der Waals surface area contributed by atoms with E-state index >= 15 is 0 Å². The second kappa shape index (κ2) is 10.5. The summed E-state index contributed by atoms with van der Waals surface area (Å²) in [4.78, 5) is 17.3. The number of carbonyl (C=O) groups excluding carboxylic acids is 1. The minimum Gasteiger partial charge on any atom is -0.493 e. The van der Waals surface area contributed by atoms with Gasteiger partial charge >= 0.3 is 0 Å². The molecule has 0 saturated carbocycles. The molecule has 4 aromatic rings. The van der Waals surface area contributed by atoms with Crippen molar-refractivity contribution in [3.63, 3.8) is 0 Å². The zero-order valence-electron chi connectivity index (χ0n) is 19.0. The Morgan fingerprint density at radius 2 is 1.85 bits per heavy atom. The molecule has 0 radical (unpaired) electrons. The van der Waals surface area contributed by atoms with Gasteiger partial charge in [0.15, 0.2) is 0 Å². The normalized spacial score (nSPS) is 11.0. The molecule has 3 aromatic carbocycles. The number of para-hydroxylation sites is 2.